The number of imide groups is 1. The van der Waals surface area contributed by atoms with Gasteiger partial charge in [-0.1, -0.05) is 121 Å². The lowest BCUT2D eigenvalue weighted by atomic mass is 9.80. The zero-order valence-electron chi connectivity index (χ0n) is 38.7. The average Bonchev–Trinajstić information content (AvgIpc) is 3.32. The third-order valence-corrected chi connectivity index (χ3v) is 11.3. The van der Waals surface area contributed by atoms with Crippen molar-refractivity contribution >= 4 is 64.2 Å². The Morgan fingerprint density at radius 1 is 0.768 bits per heavy atom. The highest BCUT2D eigenvalue weighted by molar-refractivity contribution is 6.44. The topological polar surface area (TPSA) is 107 Å². The summed E-state index contributed by atoms with van der Waals surface area (Å²) in [7, 11) is 0. The van der Waals surface area contributed by atoms with E-state index in [0.717, 1.165) is 48.3 Å². The van der Waals surface area contributed by atoms with E-state index in [2.05, 4.69) is 36.0 Å². The average molecular weight is 1010 g/mol. The summed E-state index contributed by atoms with van der Waals surface area (Å²) in [6, 6.07) is 39.3. The molecule has 0 aliphatic rings. The number of urea groups is 1. The molecule has 364 valence electrons. The van der Waals surface area contributed by atoms with Crippen molar-refractivity contribution in [3.63, 3.8) is 0 Å². The molecule has 10 nitrogen and oxygen atoms in total. The second-order valence-corrected chi connectivity index (χ2v) is 17.7. The highest BCUT2D eigenvalue weighted by atomic mass is 35.5. The Balaban J connectivity index is 0.000000270. The van der Waals surface area contributed by atoms with Crippen LogP contribution < -0.4 is 24.4 Å². The number of hydrogen-bond acceptors (Lipinski definition) is 7. The van der Waals surface area contributed by atoms with Gasteiger partial charge >= 0.3 is 18.2 Å². The standard InChI is InChI=1S/C27H24Cl3F2N3O5.C26H29FO2/c1-3-15-34(19-8-6-7-17(2)16-19)26(38)40-35(23(36)21-9-4-5-10-22(21)28)25(37)33-18-11-13-20(14-12-18)39-27(31,32)24(29)30;1-4-28-22-15-13-21(14-16-22)26(2,3)18-8-9-20-12-17-24(27)25(19-20)29-23-10-6-5-7-11-23/h4-14,16,24H,3,15H2,1-2H3,(H,33,37);5-7,10-17,19H,4,8-9,18H2,1-3H3. The first-order valence-corrected chi connectivity index (χ1v) is 23.3. The first kappa shape index (κ1) is 53.5. The number of anilines is 2. The number of ether oxygens (including phenoxy) is 3. The molecule has 0 spiro atoms. The minimum absolute atomic E-state index is 0.0183. The molecule has 4 amide bonds. The van der Waals surface area contributed by atoms with Gasteiger partial charge in [0.05, 0.1) is 17.2 Å². The first-order chi connectivity index (χ1) is 32.9. The SMILES string of the molecule is CCCN(C(=O)ON(C(=O)Nc1ccc(OC(F)(F)C(Cl)Cl)cc1)C(=O)c1ccccc1Cl)c1cccc(C)c1.CCOc1ccc(C(C)(C)CCCc2ccc(F)c(Oc3ccccc3)c2)cc1. The van der Waals surface area contributed by atoms with Gasteiger partial charge in [0.2, 0.25) is 4.84 Å². The van der Waals surface area contributed by atoms with Crippen LogP contribution in [0.1, 0.15) is 74.0 Å². The molecule has 6 rings (SSSR count). The number of hydroxylamine groups is 2. The molecule has 6 aromatic carbocycles. The van der Waals surface area contributed by atoms with Crippen LogP contribution in [-0.2, 0) is 16.7 Å². The highest BCUT2D eigenvalue weighted by Gasteiger charge is 2.40. The van der Waals surface area contributed by atoms with E-state index in [9.17, 15) is 27.6 Å². The molecule has 0 aliphatic heterocycles. The van der Waals surface area contributed by atoms with E-state index >= 15 is 0 Å². The number of para-hydroxylation sites is 1. The number of benzene rings is 6. The maximum absolute atomic E-state index is 14.1. The van der Waals surface area contributed by atoms with Crippen LogP contribution in [0, 0.1) is 12.7 Å². The lowest BCUT2D eigenvalue weighted by Gasteiger charge is -2.26. The number of carbonyl (C=O) groups is 3. The van der Waals surface area contributed by atoms with Gasteiger partial charge in [-0.25, -0.2) is 14.0 Å². The molecule has 6 aromatic rings. The summed E-state index contributed by atoms with van der Waals surface area (Å²) in [5, 5.41) is 2.64. The van der Waals surface area contributed by atoms with Crippen LogP contribution in [0.2, 0.25) is 5.02 Å². The summed E-state index contributed by atoms with van der Waals surface area (Å²) in [5.74, 6) is 0.168. The quantitative estimate of drug-likeness (QED) is 0.0716. The van der Waals surface area contributed by atoms with E-state index in [4.69, 9.17) is 49.1 Å². The van der Waals surface area contributed by atoms with Crippen LogP contribution in [0.5, 0.6) is 23.0 Å². The van der Waals surface area contributed by atoms with Gasteiger partial charge in [0, 0.05) is 17.9 Å². The highest BCUT2D eigenvalue weighted by Crippen LogP contribution is 2.33. The van der Waals surface area contributed by atoms with E-state index in [-0.39, 0.29) is 50.6 Å². The summed E-state index contributed by atoms with van der Waals surface area (Å²) in [4.78, 5) is 44.3. The molecule has 0 radical (unpaired) electrons. The van der Waals surface area contributed by atoms with Gasteiger partial charge in [0.25, 0.3) is 5.91 Å². The number of alkyl halides is 4. The van der Waals surface area contributed by atoms with Crippen LogP contribution in [0.3, 0.4) is 0 Å². The number of aryl methyl sites for hydroxylation is 2. The third-order valence-electron chi connectivity index (χ3n) is 10.4. The van der Waals surface area contributed by atoms with E-state index < -0.39 is 29.0 Å². The number of nitrogens with zero attached hydrogens (tertiary/aromatic N) is 2. The predicted octanol–water partition coefficient (Wildman–Crippen LogP) is 15.4. The molecule has 0 saturated heterocycles. The smallest absolute Gasteiger partial charge is 0.439 e. The lowest BCUT2D eigenvalue weighted by molar-refractivity contribution is -0.163. The molecule has 0 heterocycles. The number of hydrogen-bond donors (Lipinski definition) is 1. The van der Waals surface area contributed by atoms with Crippen molar-refractivity contribution in [2.24, 2.45) is 0 Å². The van der Waals surface area contributed by atoms with E-state index in [1.807, 2.05) is 81.4 Å². The molecule has 0 saturated carbocycles. The van der Waals surface area contributed by atoms with Gasteiger partial charge in [-0.3, -0.25) is 9.69 Å². The summed E-state index contributed by atoms with van der Waals surface area (Å²) in [6.07, 6.45) is -1.38. The van der Waals surface area contributed by atoms with Crippen LogP contribution in [0.25, 0.3) is 0 Å². The molecule has 0 fully saturated rings. The van der Waals surface area contributed by atoms with Crippen LogP contribution in [-0.4, -0.2) is 47.2 Å². The summed E-state index contributed by atoms with van der Waals surface area (Å²) < 4.78 is 57.2. The summed E-state index contributed by atoms with van der Waals surface area (Å²) in [6.45, 7) is 11.1. The predicted molar refractivity (Wildman–Crippen MR) is 266 cm³/mol. The second-order valence-electron chi connectivity index (χ2n) is 16.2. The Bertz CT molecular complexity index is 2620. The Hall–Kier alpha value is -6.41. The Morgan fingerprint density at radius 3 is 2.07 bits per heavy atom. The molecule has 0 aromatic heterocycles. The molecule has 1 N–H and O–H groups in total. The Labute approximate surface area is 415 Å². The van der Waals surface area contributed by atoms with Crippen molar-refractivity contribution in [3.8, 4) is 23.0 Å². The maximum atomic E-state index is 14.1. The number of rotatable bonds is 17. The minimum Gasteiger partial charge on any atom is -0.494 e. The molecule has 16 heteroatoms. The van der Waals surface area contributed by atoms with Gasteiger partial charge in [0.15, 0.2) is 11.6 Å². The fourth-order valence-electron chi connectivity index (χ4n) is 6.82. The lowest BCUT2D eigenvalue weighted by Crippen LogP contribution is -2.45. The van der Waals surface area contributed by atoms with E-state index in [1.54, 1.807) is 24.3 Å². The Morgan fingerprint density at radius 2 is 1.43 bits per heavy atom. The van der Waals surface area contributed by atoms with Gasteiger partial charge < -0.3 is 24.4 Å². The zero-order valence-corrected chi connectivity index (χ0v) is 41.0. The molecule has 0 aliphatic carbocycles. The summed E-state index contributed by atoms with van der Waals surface area (Å²) in [5.41, 5.74) is 3.78. The second kappa shape index (κ2) is 25.3. The van der Waals surface area contributed by atoms with Gasteiger partial charge in [-0.15, -0.1) is 0 Å². The normalized spacial score (nSPS) is 11.2. The Kier molecular flexibility index (Phi) is 19.6. The van der Waals surface area contributed by atoms with Crippen LogP contribution in [0.15, 0.2) is 146 Å². The minimum atomic E-state index is -3.86. The van der Waals surface area contributed by atoms with Crippen molar-refractivity contribution in [2.75, 3.05) is 23.4 Å². The van der Waals surface area contributed by atoms with Crippen LogP contribution in [0.4, 0.5) is 34.1 Å². The largest absolute Gasteiger partial charge is 0.494 e. The van der Waals surface area contributed by atoms with Crippen molar-refractivity contribution in [1.82, 2.24) is 5.06 Å². The van der Waals surface area contributed by atoms with Crippen molar-refractivity contribution in [3.05, 3.63) is 179 Å². The molecular formula is C53H53Cl3F3N3O7. The molecular weight excluding hydrogens is 954 g/mol. The molecule has 69 heavy (non-hydrogen) atoms. The summed E-state index contributed by atoms with van der Waals surface area (Å²) >= 11 is 16.6. The monoisotopic (exact) mass is 1010 g/mol. The van der Waals surface area contributed by atoms with E-state index in [1.165, 1.54) is 46.9 Å². The van der Waals surface area contributed by atoms with Crippen molar-refractivity contribution in [1.29, 1.82) is 0 Å². The fourth-order valence-corrected chi connectivity index (χ4v) is 7.12. The van der Waals surface area contributed by atoms with Gasteiger partial charge in [-0.05, 0) is 147 Å². The number of amides is 4. The molecule has 0 bridgehead atoms. The number of nitrogens with one attached hydrogen (secondary N) is 1. The van der Waals surface area contributed by atoms with Gasteiger partial charge in [-0.2, -0.15) is 8.78 Å². The zero-order chi connectivity index (χ0) is 50.1. The number of carbonyl (C=O) groups excluding carboxylic acids is 3. The maximum Gasteiger partial charge on any atom is 0.439 e. The van der Waals surface area contributed by atoms with E-state index in [0.29, 0.717) is 24.5 Å². The third kappa shape index (κ3) is 15.8. The fraction of sp³-hybridized carbons (Fsp3) is 0.264. The molecule has 0 unspecified atom stereocenters. The van der Waals surface area contributed by atoms with Crippen molar-refractivity contribution < 1.29 is 46.6 Å². The van der Waals surface area contributed by atoms with Crippen molar-refractivity contribution in [2.45, 2.75) is 76.7 Å². The first-order valence-electron chi connectivity index (χ1n) is 22.1. The molecule has 0 atom stereocenters. The van der Waals surface area contributed by atoms with Crippen LogP contribution >= 0.6 is 34.8 Å². The number of halogens is 6. The van der Waals surface area contributed by atoms with Gasteiger partial charge in [0.1, 0.15) is 17.2 Å².